The average Bonchev–Trinajstić information content (AvgIpc) is 3.16. The van der Waals surface area contributed by atoms with Crippen LogP contribution < -0.4 is 10.1 Å². The summed E-state index contributed by atoms with van der Waals surface area (Å²) in [6, 6.07) is 9.50. The van der Waals surface area contributed by atoms with Crippen LogP contribution in [0.5, 0.6) is 5.75 Å². The largest absolute Gasteiger partial charge is 0.496 e. The number of aryl methyl sites for hydroxylation is 2. The number of hydrogen-bond acceptors (Lipinski definition) is 5. The van der Waals surface area contributed by atoms with E-state index < -0.39 is 0 Å². The van der Waals surface area contributed by atoms with Gasteiger partial charge in [-0.3, -0.25) is 10.1 Å². The fourth-order valence-corrected chi connectivity index (χ4v) is 3.76. The van der Waals surface area contributed by atoms with Crippen LogP contribution in [-0.2, 0) is 0 Å². The predicted octanol–water partition coefficient (Wildman–Crippen LogP) is 4.75. The highest BCUT2D eigenvalue weighted by atomic mass is 32.1. The van der Waals surface area contributed by atoms with Crippen LogP contribution in [-0.4, -0.2) is 18.0 Å². The minimum atomic E-state index is -0.188. The second-order valence-electron chi connectivity index (χ2n) is 5.09. The molecule has 0 aliphatic heterocycles. The molecule has 1 amide bonds. The Balaban J connectivity index is 1.77. The minimum Gasteiger partial charge on any atom is -0.496 e. The molecule has 1 N–H and O–H groups in total. The Morgan fingerprint density at radius 2 is 2.04 bits per heavy atom. The predicted molar refractivity (Wildman–Crippen MR) is 95.8 cm³/mol. The van der Waals surface area contributed by atoms with Gasteiger partial charge in [0.25, 0.3) is 5.91 Å². The molecule has 1 aromatic carbocycles. The molecule has 0 aliphatic rings. The smallest absolute Gasteiger partial charge is 0.257 e. The number of hydrogen-bond donors (Lipinski definition) is 1. The summed E-state index contributed by atoms with van der Waals surface area (Å²) in [5, 5.41) is 5.39. The quantitative estimate of drug-likeness (QED) is 0.743. The first-order valence-corrected chi connectivity index (χ1v) is 8.75. The van der Waals surface area contributed by atoms with E-state index in [2.05, 4.69) is 23.3 Å². The van der Waals surface area contributed by atoms with E-state index in [4.69, 9.17) is 4.74 Å². The number of nitrogens with one attached hydrogen (secondary N) is 1. The topological polar surface area (TPSA) is 51.2 Å². The minimum absolute atomic E-state index is 0.188. The van der Waals surface area contributed by atoms with Crippen molar-refractivity contribution in [2.75, 3.05) is 12.4 Å². The second-order valence-corrected chi connectivity index (χ2v) is 7.23. The molecule has 4 nitrogen and oxygen atoms in total. The van der Waals surface area contributed by atoms with Gasteiger partial charge in [-0.05, 0) is 43.7 Å². The molecule has 3 rings (SSSR count). The Labute approximate surface area is 142 Å². The number of rotatable bonds is 4. The fraction of sp³-hybridized carbons (Fsp3) is 0.176. The Bertz CT molecular complexity index is 852. The molecule has 0 radical (unpaired) electrons. The number of thiophene rings is 1. The Morgan fingerprint density at radius 3 is 2.74 bits per heavy atom. The van der Waals surface area contributed by atoms with Crippen LogP contribution in [0.1, 0.15) is 20.8 Å². The molecule has 118 valence electrons. The first-order chi connectivity index (χ1) is 11.1. The summed E-state index contributed by atoms with van der Waals surface area (Å²) >= 11 is 3.11. The monoisotopic (exact) mass is 344 g/mol. The van der Waals surface area contributed by atoms with Crippen molar-refractivity contribution in [3.05, 3.63) is 51.7 Å². The van der Waals surface area contributed by atoms with E-state index >= 15 is 0 Å². The van der Waals surface area contributed by atoms with Crippen molar-refractivity contribution in [2.24, 2.45) is 0 Å². The summed E-state index contributed by atoms with van der Waals surface area (Å²) in [5.41, 5.74) is 2.44. The molecule has 0 spiro atoms. The standard InChI is InChI=1S/C17H16N2O2S2/c1-10-4-6-12(8-14(10)21-3)16(20)19-17-18-13(9-22-17)15-7-5-11(2)23-15/h4-9H,1-3H3,(H,18,19,20). The van der Waals surface area contributed by atoms with E-state index in [1.807, 2.05) is 24.4 Å². The van der Waals surface area contributed by atoms with Gasteiger partial charge in [0.15, 0.2) is 5.13 Å². The van der Waals surface area contributed by atoms with Crippen molar-refractivity contribution >= 4 is 33.7 Å². The molecule has 0 unspecified atom stereocenters. The summed E-state index contributed by atoms with van der Waals surface area (Å²) in [6.45, 7) is 4.00. The lowest BCUT2D eigenvalue weighted by Crippen LogP contribution is -2.11. The summed E-state index contributed by atoms with van der Waals surface area (Å²) in [7, 11) is 1.60. The van der Waals surface area contributed by atoms with Crippen LogP contribution in [0, 0.1) is 13.8 Å². The highest BCUT2D eigenvalue weighted by Gasteiger charge is 2.12. The number of carbonyl (C=O) groups is 1. The Hall–Kier alpha value is -2.18. The van der Waals surface area contributed by atoms with E-state index in [-0.39, 0.29) is 5.91 Å². The molecule has 0 aliphatic carbocycles. The third-order valence-corrected chi connectivity index (χ3v) is 5.17. The SMILES string of the molecule is COc1cc(C(=O)Nc2nc(-c3ccc(C)s3)cs2)ccc1C. The maximum absolute atomic E-state index is 12.3. The van der Waals surface area contributed by atoms with Crippen LogP contribution in [0.25, 0.3) is 10.6 Å². The maximum Gasteiger partial charge on any atom is 0.257 e. The lowest BCUT2D eigenvalue weighted by Gasteiger charge is -2.07. The summed E-state index contributed by atoms with van der Waals surface area (Å²) in [6.07, 6.45) is 0. The third kappa shape index (κ3) is 3.43. The van der Waals surface area contributed by atoms with Gasteiger partial charge < -0.3 is 4.74 Å². The van der Waals surface area contributed by atoms with Crippen molar-refractivity contribution in [2.45, 2.75) is 13.8 Å². The number of benzene rings is 1. The van der Waals surface area contributed by atoms with E-state index in [1.54, 1.807) is 30.6 Å². The molecule has 23 heavy (non-hydrogen) atoms. The lowest BCUT2D eigenvalue weighted by molar-refractivity contribution is 0.102. The first-order valence-electron chi connectivity index (χ1n) is 7.05. The number of aromatic nitrogens is 1. The van der Waals surface area contributed by atoms with E-state index in [1.165, 1.54) is 16.2 Å². The highest BCUT2D eigenvalue weighted by Crippen LogP contribution is 2.30. The number of carbonyl (C=O) groups excluding carboxylic acids is 1. The molecule has 0 atom stereocenters. The normalized spacial score (nSPS) is 10.6. The summed E-state index contributed by atoms with van der Waals surface area (Å²) < 4.78 is 5.26. The lowest BCUT2D eigenvalue weighted by atomic mass is 10.1. The van der Waals surface area contributed by atoms with Gasteiger partial charge in [-0.25, -0.2) is 4.98 Å². The number of nitrogens with zero attached hydrogens (tertiary/aromatic N) is 1. The maximum atomic E-state index is 12.3. The number of methoxy groups -OCH3 is 1. The van der Waals surface area contributed by atoms with Crippen LogP contribution in [0.15, 0.2) is 35.7 Å². The highest BCUT2D eigenvalue weighted by molar-refractivity contribution is 7.17. The van der Waals surface area contributed by atoms with Crippen LogP contribution >= 0.6 is 22.7 Å². The van der Waals surface area contributed by atoms with Gasteiger partial charge in [0, 0.05) is 15.8 Å². The van der Waals surface area contributed by atoms with Gasteiger partial charge >= 0.3 is 0 Å². The fourth-order valence-electron chi connectivity index (χ4n) is 2.15. The molecular weight excluding hydrogens is 328 g/mol. The van der Waals surface area contributed by atoms with E-state index in [9.17, 15) is 4.79 Å². The van der Waals surface area contributed by atoms with Crippen LogP contribution in [0.2, 0.25) is 0 Å². The Kier molecular flexibility index (Phi) is 4.45. The number of anilines is 1. The second kappa shape index (κ2) is 6.52. The van der Waals surface area contributed by atoms with Gasteiger partial charge in [-0.15, -0.1) is 22.7 Å². The van der Waals surface area contributed by atoms with Crippen molar-refractivity contribution in [1.82, 2.24) is 4.98 Å². The summed E-state index contributed by atoms with van der Waals surface area (Å²) in [5.74, 6) is 0.512. The van der Waals surface area contributed by atoms with Gasteiger partial charge in [0.1, 0.15) is 5.75 Å². The molecule has 0 bridgehead atoms. The average molecular weight is 344 g/mol. The summed E-state index contributed by atoms with van der Waals surface area (Å²) in [4.78, 5) is 19.2. The zero-order chi connectivity index (χ0) is 16.4. The van der Waals surface area contributed by atoms with Crippen LogP contribution in [0.4, 0.5) is 5.13 Å². The number of thiazole rings is 1. The van der Waals surface area contributed by atoms with E-state index in [0.717, 1.165) is 16.1 Å². The molecule has 2 aromatic heterocycles. The van der Waals surface area contributed by atoms with Gasteiger partial charge in [-0.2, -0.15) is 0 Å². The van der Waals surface area contributed by atoms with Gasteiger partial charge in [-0.1, -0.05) is 6.07 Å². The van der Waals surface area contributed by atoms with E-state index in [0.29, 0.717) is 16.4 Å². The molecule has 6 heteroatoms. The van der Waals surface area contributed by atoms with Crippen molar-refractivity contribution < 1.29 is 9.53 Å². The van der Waals surface area contributed by atoms with Crippen molar-refractivity contribution in [3.8, 4) is 16.3 Å². The molecule has 0 fully saturated rings. The molecule has 0 saturated heterocycles. The third-order valence-electron chi connectivity index (χ3n) is 3.39. The number of ether oxygens (including phenoxy) is 1. The zero-order valence-corrected chi connectivity index (χ0v) is 14.7. The van der Waals surface area contributed by atoms with Gasteiger partial charge in [0.2, 0.25) is 0 Å². The molecular formula is C17H16N2O2S2. The Morgan fingerprint density at radius 1 is 1.22 bits per heavy atom. The van der Waals surface area contributed by atoms with Crippen molar-refractivity contribution in [1.29, 1.82) is 0 Å². The van der Waals surface area contributed by atoms with Crippen molar-refractivity contribution in [3.63, 3.8) is 0 Å². The molecule has 0 saturated carbocycles. The molecule has 2 heterocycles. The van der Waals surface area contributed by atoms with Crippen LogP contribution in [0.3, 0.4) is 0 Å². The number of amides is 1. The molecule has 3 aromatic rings. The zero-order valence-electron chi connectivity index (χ0n) is 13.0. The van der Waals surface area contributed by atoms with Gasteiger partial charge in [0.05, 0.1) is 17.7 Å². The first kappa shape index (κ1) is 15.7.